The lowest BCUT2D eigenvalue weighted by Gasteiger charge is -2.17. The van der Waals surface area contributed by atoms with Crippen molar-refractivity contribution in [1.82, 2.24) is 4.90 Å². The van der Waals surface area contributed by atoms with Crippen LogP contribution in [0, 0.1) is 11.6 Å². The van der Waals surface area contributed by atoms with Crippen molar-refractivity contribution in [2.24, 2.45) is 0 Å². The van der Waals surface area contributed by atoms with E-state index < -0.39 is 23.4 Å². The summed E-state index contributed by atoms with van der Waals surface area (Å²) in [7, 11) is 2.59. The van der Waals surface area contributed by atoms with Gasteiger partial charge in [-0.05, 0) is 0 Å². The highest BCUT2D eigenvalue weighted by Gasteiger charge is 2.14. The molecule has 0 unspecified atom stereocenters. The van der Waals surface area contributed by atoms with E-state index in [1.54, 1.807) is 0 Å². The summed E-state index contributed by atoms with van der Waals surface area (Å²) in [4.78, 5) is 12.7. The van der Waals surface area contributed by atoms with Crippen molar-refractivity contribution in [3.8, 4) is 5.75 Å². The number of rotatable bonds is 4. The SMILES string of the molecule is COc1c(F)cc(NC(=O)N(C)CCO)cc1F. The van der Waals surface area contributed by atoms with E-state index in [2.05, 4.69) is 10.1 Å². The Hall–Kier alpha value is -1.89. The van der Waals surface area contributed by atoms with Gasteiger partial charge in [0.2, 0.25) is 0 Å². The number of hydrogen-bond acceptors (Lipinski definition) is 3. The number of halogens is 2. The molecule has 0 heterocycles. The normalized spacial score (nSPS) is 10.1. The zero-order chi connectivity index (χ0) is 13.7. The first-order valence-electron chi connectivity index (χ1n) is 5.15. The second-order valence-corrected chi connectivity index (χ2v) is 3.55. The number of nitrogens with one attached hydrogen (secondary N) is 1. The minimum absolute atomic E-state index is 0.0272. The molecule has 0 aliphatic heterocycles. The van der Waals surface area contributed by atoms with Crippen LogP contribution < -0.4 is 10.1 Å². The molecule has 7 heteroatoms. The minimum atomic E-state index is -0.905. The number of methoxy groups -OCH3 is 1. The molecule has 2 N–H and O–H groups in total. The molecule has 0 fully saturated rings. The molecule has 0 aromatic heterocycles. The van der Waals surface area contributed by atoms with E-state index in [-0.39, 0.29) is 18.8 Å². The largest absolute Gasteiger partial charge is 0.491 e. The van der Waals surface area contributed by atoms with Gasteiger partial charge in [0.1, 0.15) is 0 Å². The molecule has 0 saturated heterocycles. The van der Waals surface area contributed by atoms with Gasteiger partial charge < -0.3 is 20.1 Å². The number of benzene rings is 1. The van der Waals surface area contributed by atoms with Gasteiger partial charge in [0.15, 0.2) is 17.4 Å². The number of anilines is 1. The lowest BCUT2D eigenvalue weighted by molar-refractivity contribution is 0.202. The molecular formula is C11H14F2N2O3. The molecule has 18 heavy (non-hydrogen) atoms. The predicted molar refractivity (Wildman–Crippen MR) is 61.6 cm³/mol. The van der Waals surface area contributed by atoms with E-state index in [9.17, 15) is 13.6 Å². The van der Waals surface area contributed by atoms with E-state index in [0.29, 0.717) is 0 Å². The third-order valence-electron chi connectivity index (χ3n) is 2.24. The molecule has 0 saturated carbocycles. The summed E-state index contributed by atoms with van der Waals surface area (Å²) in [6.45, 7) is -0.0811. The van der Waals surface area contributed by atoms with Crippen molar-refractivity contribution in [2.75, 3.05) is 32.6 Å². The summed E-state index contributed by atoms with van der Waals surface area (Å²) in [6, 6.07) is 1.33. The molecule has 2 amide bonds. The lowest BCUT2D eigenvalue weighted by Crippen LogP contribution is -2.33. The third-order valence-corrected chi connectivity index (χ3v) is 2.24. The minimum Gasteiger partial charge on any atom is -0.491 e. The van der Waals surface area contributed by atoms with Gasteiger partial charge in [-0.3, -0.25) is 0 Å². The Morgan fingerprint density at radius 2 is 2.00 bits per heavy atom. The Labute approximate surface area is 103 Å². The smallest absolute Gasteiger partial charge is 0.321 e. The maximum absolute atomic E-state index is 13.3. The maximum Gasteiger partial charge on any atom is 0.321 e. The molecule has 0 aliphatic carbocycles. The molecule has 0 spiro atoms. The van der Waals surface area contributed by atoms with Crippen LogP contribution in [0.3, 0.4) is 0 Å². The van der Waals surface area contributed by atoms with E-state index in [1.807, 2.05) is 0 Å². The fraction of sp³-hybridized carbons (Fsp3) is 0.364. The average molecular weight is 260 g/mol. The van der Waals surface area contributed by atoms with Crippen LogP contribution in [0.4, 0.5) is 19.3 Å². The fourth-order valence-electron chi connectivity index (χ4n) is 1.30. The number of urea groups is 1. The number of hydrogen-bond donors (Lipinski definition) is 2. The summed E-state index contributed by atoms with van der Waals surface area (Å²) in [5, 5.41) is 10.9. The van der Waals surface area contributed by atoms with Crippen LogP contribution in [0.2, 0.25) is 0 Å². The van der Waals surface area contributed by atoms with Crippen molar-refractivity contribution in [1.29, 1.82) is 0 Å². The highest BCUT2D eigenvalue weighted by Crippen LogP contribution is 2.25. The molecule has 1 aromatic carbocycles. The summed E-state index contributed by atoms with van der Waals surface area (Å²) in [5.41, 5.74) is -0.0272. The molecule has 0 aliphatic rings. The van der Waals surface area contributed by atoms with E-state index in [4.69, 9.17) is 5.11 Å². The predicted octanol–water partition coefficient (Wildman–Crippen LogP) is 1.43. The number of aliphatic hydroxyl groups excluding tert-OH is 1. The molecule has 5 nitrogen and oxygen atoms in total. The fourth-order valence-corrected chi connectivity index (χ4v) is 1.30. The molecule has 1 rings (SSSR count). The van der Waals surface area contributed by atoms with Gasteiger partial charge in [0.05, 0.1) is 13.7 Å². The first kappa shape index (κ1) is 14.2. The standard InChI is InChI=1S/C11H14F2N2O3/c1-15(3-4-16)11(17)14-7-5-8(12)10(18-2)9(13)6-7/h5-6,16H,3-4H2,1-2H3,(H,14,17). The van der Waals surface area contributed by atoms with Crippen LogP contribution in [0.5, 0.6) is 5.75 Å². The summed E-state index contributed by atoms with van der Waals surface area (Å²) in [5.74, 6) is -2.31. The zero-order valence-electron chi connectivity index (χ0n) is 10.0. The molecular weight excluding hydrogens is 246 g/mol. The van der Waals surface area contributed by atoms with Crippen LogP contribution in [0.15, 0.2) is 12.1 Å². The summed E-state index contributed by atoms with van der Waals surface area (Å²) in [6.07, 6.45) is 0. The lowest BCUT2D eigenvalue weighted by atomic mass is 10.2. The van der Waals surface area contributed by atoms with Crippen molar-refractivity contribution >= 4 is 11.7 Å². The number of nitrogens with zero attached hydrogens (tertiary/aromatic N) is 1. The second-order valence-electron chi connectivity index (χ2n) is 3.55. The van der Waals surface area contributed by atoms with Gasteiger partial charge in [-0.15, -0.1) is 0 Å². The van der Waals surface area contributed by atoms with Gasteiger partial charge >= 0.3 is 6.03 Å². The van der Waals surface area contributed by atoms with Gasteiger partial charge in [0, 0.05) is 31.4 Å². The van der Waals surface area contributed by atoms with Crippen molar-refractivity contribution in [2.45, 2.75) is 0 Å². The van der Waals surface area contributed by atoms with Crippen molar-refractivity contribution < 1.29 is 23.4 Å². The Bertz CT molecular complexity index is 417. The van der Waals surface area contributed by atoms with Crippen molar-refractivity contribution in [3.05, 3.63) is 23.8 Å². The Morgan fingerprint density at radius 1 is 1.44 bits per heavy atom. The van der Waals surface area contributed by atoms with Gasteiger partial charge in [-0.2, -0.15) is 0 Å². The van der Waals surface area contributed by atoms with Crippen LogP contribution in [-0.2, 0) is 0 Å². The number of carbonyl (C=O) groups is 1. The number of carbonyl (C=O) groups excluding carboxylic acids is 1. The van der Waals surface area contributed by atoms with Crippen LogP contribution in [0.25, 0.3) is 0 Å². The van der Waals surface area contributed by atoms with Crippen LogP contribution in [-0.4, -0.2) is 43.3 Å². The monoisotopic (exact) mass is 260 g/mol. The molecule has 1 aromatic rings. The van der Waals surface area contributed by atoms with E-state index in [1.165, 1.54) is 11.9 Å². The van der Waals surface area contributed by atoms with E-state index >= 15 is 0 Å². The first-order chi connectivity index (χ1) is 8.49. The molecule has 100 valence electrons. The number of amides is 2. The summed E-state index contributed by atoms with van der Waals surface area (Å²) >= 11 is 0. The zero-order valence-corrected chi connectivity index (χ0v) is 10.0. The Morgan fingerprint density at radius 3 is 2.44 bits per heavy atom. The molecule has 0 atom stereocenters. The van der Waals surface area contributed by atoms with Crippen molar-refractivity contribution in [3.63, 3.8) is 0 Å². The Kier molecular flexibility index (Phi) is 4.85. The van der Waals surface area contributed by atoms with E-state index in [0.717, 1.165) is 19.2 Å². The second kappa shape index (κ2) is 6.15. The number of likely N-dealkylation sites (N-methyl/N-ethyl adjacent to an activating group) is 1. The number of ether oxygens (including phenoxy) is 1. The molecule has 0 bridgehead atoms. The topological polar surface area (TPSA) is 61.8 Å². The van der Waals surface area contributed by atoms with Gasteiger partial charge in [0.25, 0.3) is 0 Å². The average Bonchev–Trinajstić information content (AvgIpc) is 2.28. The third kappa shape index (κ3) is 3.30. The highest BCUT2D eigenvalue weighted by molar-refractivity contribution is 5.89. The Balaban J connectivity index is 2.83. The maximum atomic E-state index is 13.3. The summed E-state index contributed by atoms with van der Waals surface area (Å²) < 4.78 is 31.2. The highest BCUT2D eigenvalue weighted by atomic mass is 19.1. The van der Waals surface area contributed by atoms with Crippen LogP contribution >= 0.6 is 0 Å². The first-order valence-corrected chi connectivity index (χ1v) is 5.15. The van der Waals surface area contributed by atoms with Gasteiger partial charge in [-0.25, -0.2) is 13.6 Å². The van der Waals surface area contributed by atoms with Crippen LogP contribution in [0.1, 0.15) is 0 Å². The number of aliphatic hydroxyl groups is 1. The van der Waals surface area contributed by atoms with Gasteiger partial charge in [-0.1, -0.05) is 0 Å². The molecule has 0 radical (unpaired) electrons. The quantitative estimate of drug-likeness (QED) is 0.860.